The fourth-order valence-corrected chi connectivity index (χ4v) is 4.01. The molecule has 0 bridgehead atoms. The lowest BCUT2D eigenvalue weighted by Gasteiger charge is -2.28. The van der Waals surface area contributed by atoms with Crippen LogP contribution in [-0.4, -0.2) is 42.4 Å². The quantitative estimate of drug-likeness (QED) is 0.399. The third-order valence-electron chi connectivity index (χ3n) is 5.97. The summed E-state index contributed by atoms with van der Waals surface area (Å²) in [4.78, 5) is 18.1. The lowest BCUT2D eigenvalue weighted by atomic mass is 10.0. The monoisotopic (exact) mass is 471 g/mol. The third-order valence-corrected chi connectivity index (χ3v) is 5.97. The Morgan fingerprint density at radius 2 is 1.77 bits per heavy atom. The standard InChI is InChI=1S/C27H25N3O5/c28-25-23(21-9-12-34-17-21)15-24(19-5-7-22(8-6-19)30-10-13-33-14-11-30)29-26(25)35-16-18-1-3-20(4-2-18)27(31)32/h1-9,12,15,17H,10-11,13-14,16,28H2,(H,31,32). The highest BCUT2D eigenvalue weighted by Gasteiger charge is 2.16. The van der Waals surface area contributed by atoms with Crippen molar-refractivity contribution in [2.45, 2.75) is 6.61 Å². The molecule has 1 fully saturated rings. The van der Waals surface area contributed by atoms with Gasteiger partial charge in [0.05, 0.1) is 37.0 Å². The second-order valence-electron chi connectivity index (χ2n) is 8.22. The van der Waals surface area contributed by atoms with Gasteiger partial charge in [0.1, 0.15) is 12.3 Å². The molecule has 2 aromatic carbocycles. The Kier molecular flexibility index (Phi) is 6.36. The van der Waals surface area contributed by atoms with Gasteiger partial charge in [-0.1, -0.05) is 24.3 Å². The molecule has 3 heterocycles. The molecule has 3 N–H and O–H groups in total. The number of ether oxygens (including phenoxy) is 2. The first-order valence-corrected chi connectivity index (χ1v) is 11.3. The van der Waals surface area contributed by atoms with Crippen molar-refractivity contribution in [3.8, 4) is 28.3 Å². The number of carboxylic acid groups (broad SMARTS) is 1. The topological polar surface area (TPSA) is 111 Å². The molecule has 5 rings (SSSR count). The molecule has 1 saturated heterocycles. The van der Waals surface area contributed by atoms with Crippen LogP contribution < -0.4 is 15.4 Å². The van der Waals surface area contributed by atoms with Gasteiger partial charge in [-0.05, 0) is 42.0 Å². The molecule has 0 aliphatic carbocycles. The van der Waals surface area contributed by atoms with Crippen molar-refractivity contribution in [3.63, 3.8) is 0 Å². The van der Waals surface area contributed by atoms with Crippen molar-refractivity contribution < 1.29 is 23.8 Å². The molecule has 0 unspecified atom stereocenters. The van der Waals surface area contributed by atoms with E-state index < -0.39 is 5.97 Å². The maximum absolute atomic E-state index is 11.1. The summed E-state index contributed by atoms with van der Waals surface area (Å²) in [6.45, 7) is 3.40. The highest BCUT2D eigenvalue weighted by Crippen LogP contribution is 2.37. The number of nitrogens with two attached hydrogens (primary N) is 1. The first-order valence-electron chi connectivity index (χ1n) is 11.3. The molecule has 178 valence electrons. The number of benzene rings is 2. The van der Waals surface area contributed by atoms with Crippen LogP contribution in [0.4, 0.5) is 11.4 Å². The number of furan rings is 1. The molecule has 1 aliphatic rings. The number of nitrogen functional groups attached to an aromatic ring is 1. The van der Waals surface area contributed by atoms with Crippen LogP contribution in [0.2, 0.25) is 0 Å². The van der Waals surface area contributed by atoms with Gasteiger partial charge in [-0.3, -0.25) is 0 Å². The maximum Gasteiger partial charge on any atom is 0.335 e. The predicted molar refractivity (Wildman–Crippen MR) is 133 cm³/mol. The van der Waals surface area contributed by atoms with Gasteiger partial charge < -0.3 is 29.6 Å². The van der Waals surface area contributed by atoms with E-state index in [4.69, 9.17) is 29.7 Å². The zero-order valence-corrected chi connectivity index (χ0v) is 19.0. The molecule has 8 heteroatoms. The number of aromatic carboxylic acids is 1. The Hall–Kier alpha value is -4.30. The van der Waals surface area contributed by atoms with Crippen LogP contribution in [-0.2, 0) is 11.3 Å². The Bertz CT molecular complexity index is 1300. The molecule has 8 nitrogen and oxygen atoms in total. The van der Waals surface area contributed by atoms with Crippen molar-refractivity contribution in [3.05, 3.63) is 84.3 Å². The van der Waals surface area contributed by atoms with E-state index in [1.807, 2.05) is 24.3 Å². The highest BCUT2D eigenvalue weighted by atomic mass is 16.5. The second kappa shape index (κ2) is 9.90. The van der Waals surface area contributed by atoms with Crippen LogP contribution in [0, 0.1) is 0 Å². The SMILES string of the molecule is Nc1c(-c2ccoc2)cc(-c2ccc(N3CCOCC3)cc2)nc1OCc1ccc(C(=O)O)cc1. The van der Waals surface area contributed by atoms with E-state index >= 15 is 0 Å². The zero-order chi connectivity index (χ0) is 24.2. The molecule has 35 heavy (non-hydrogen) atoms. The average Bonchev–Trinajstić information content (AvgIpc) is 3.44. The average molecular weight is 472 g/mol. The molecule has 0 atom stereocenters. The van der Waals surface area contributed by atoms with Gasteiger partial charge >= 0.3 is 5.97 Å². The minimum atomic E-state index is -0.972. The summed E-state index contributed by atoms with van der Waals surface area (Å²) in [7, 11) is 0. The maximum atomic E-state index is 11.1. The van der Waals surface area contributed by atoms with Crippen LogP contribution in [0.1, 0.15) is 15.9 Å². The van der Waals surface area contributed by atoms with Crippen LogP contribution in [0.15, 0.2) is 77.6 Å². The van der Waals surface area contributed by atoms with Crippen LogP contribution in [0.3, 0.4) is 0 Å². The zero-order valence-electron chi connectivity index (χ0n) is 19.0. The lowest BCUT2D eigenvalue weighted by molar-refractivity contribution is 0.0697. The number of hydrogen-bond acceptors (Lipinski definition) is 7. The van der Waals surface area contributed by atoms with Crippen LogP contribution in [0.5, 0.6) is 5.88 Å². The molecule has 0 saturated carbocycles. The van der Waals surface area contributed by atoms with Gasteiger partial charge in [0.2, 0.25) is 5.88 Å². The smallest absolute Gasteiger partial charge is 0.335 e. The molecule has 2 aromatic heterocycles. The number of anilines is 2. The lowest BCUT2D eigenvalue weighted by Crippen LogP contribution is -2.36. The summed E-state index contributed by atoms with van der Waals surface area (Å²) in [6.07, 6.45) is 3.22. The number of carbonyl (C=O) groups is 1. The van der Waals surface area contributed by atoms with E-state index in [1.54, 1.807) is 36.8 Å². The number of rotatable bonds is 7. The van der Waals surface area contributed by atoms with E-state index in [2.05, 4.69) is 17.0 Å². The Morgan fingerprint density at radius 1 is 1.03 bits per heavy atom. The molecular weight excluding hydrogens is 446 g/mol. The molecule has 4 aromatic rings. The Labute approximate surface area is 202 Å². The number of carboxylic acids is 1. The summed E-state index contributed by atoms with van der Waals surface area (Å²) in [5.41, 5.74) is 12.3. The fourth-order valence-electron chi connectivity index (χ4n) is 4.01. The summed E-state index contributed by atoms with van der Waals surface area (Å²) >= 11 is 0. The van der Waals surface area contributed by atoms with Gasteiger partial charge in [0, 0.05) is 35.5 Å². The van der Waals surface area contributed by atoms with Crippen LogP contribution in [0.25, 0.3) is 22.4 Å². The van der Waals surface area contributed by atoms with E-state index in [0.717, 1.165) is 59.9 Å². The number of pyridine rings is 1. The third kappa shape index (κ3) is 4.97. The van der Waals surface area contributed by atoms with Crippen LogP contribution >= 0.6 is 0 Å². The molecular formula is C27H25N3O5. The number of hydrogen-bond donors (Lipinski definition) is 2. The molecule has 0 radical (unpaired) electrons. The van der Waals surface area contributed by atoms with Gasteiger partial charge in [0.15, 0.2) is 0 Å². The van der Waals surface area contributed by atoms with E-state index in [9.17, 15) is 4.79 Å². The van der Waals surface area contributed by atoms with Crippen molar-refractivity contribution in [2.75, 3.05) is 36.9 Å². The van der Waals surface area contributed by atoms with Gasteiger partial charge in [0.25, 0.3) is 0 Å². The molecule has 0 amide bonds. The first kappa shape index (κ1) is 22.5. The normalized spacial score (nSPS) is 13.5. The van der Waals surface area contributed by atoms with Gasteiger partial charge in [-0.25, -0.2) is 9.78 Å². The van der Waals surface area contributed by atoms with E-state index in [1.165, 1.54) is 0 Å². The van der Waals surface area contributed by atoms with Gasteiger partial charge in [-0.2, -0.15) is 0 Å². The Balaban J connectivity index is 1.44. The molecule has 1 aliphatic heterocycles. The van der Waals surface area contributed by atoms with Crippen molar-refractivity contribution in [2.24, 2.45) is 0 Å². The minimum Gasteiger partial charge on any atom is -0.478 e. The predicted octanol–water partition coefficient (Wildman–Crippen LogP) is 4.70. The van der Waals surface area contributed by atoms with Gasteiger partial charge in [-0.15, -0.1) is 0 Å². The van der Waals surface area contributed by atoms with Crippen molar-refractivity contribution in [1.29, 1.82) is 0 Å². The summed E-state index contributed by atoms with van der Waals surface area (Å²) < 4.78 is 16.7. The summed E-state index contributed by atoms with van der Waals surface area (Å²) in [5, 5.41) is 9.10. The Morgan fingerprint density at radius 3 is 2.43 bits per heavy atom. The highest BCUT2D eigenvalue weighted by molar-refractivity contribution is 5.87. The first-order chi connectivity index (χ1) is 17.1. The van der Waals surface area contributed by atoms with E-state index in [-0.39, 0.29) is 12.2 Å². The fraction of sp³-hybridized carbons (Fsp3) is 0.185. The van der Waals surface area contributed by atoms with E-state index in [0.29, 0.717) is 11.6 Å². The minimum absolute atomic E-state index is 0.196. The largest absolute Gasteiger partial charge is 0.478 e. The summed E-state index contributed by atoms with van der Waals surface area (Å²) in [6, 6.07) is 18.5. The van der Waals surface area contributed by atoms with Crippen molar-refractivity contribution in [1.82, 2.24) is 4.98 Å². The number of morpholine rings is 1. The molecule has 0 spiro atoms. The van der Waals surface area contributed by atoms with Crippen molar-refractivity contribution >= 4 is 17.3 Å². The number of aromatic nitrogens is 1. The second-order valence-corrected chi connectivity index (χ2v) is 8.22. The summed E-state index contributed by atoms with van der Waals surface area (Å²) in [5.74, 6) is -0.668. The number of nitrogens with zero attached hydrogens (tertiary/aromatic N) is 2.